The third-order valence-electron chi connectivity index (χ3n) is 3.30. The van der Waals surface area contributed by atoms with E-state index in [4.69, 9.17) is 9.47 Å². The number of hydrogen-bond acceptors (Lipinski definition) is 4. The zero-order chi connectivity index (χ0) is 12.8. The van der Waals surface area contributed by atoms with Gasteiger partial charge in [0.25, 0.3) is 0 Å². The molecule has 18 heavy (non-hydrogen) atoms. The van der Waals surface area contributed by atoms with Gasteiger partial charge in [0.15, 0.2) is 0 Å². The molecule has 1 aromatic rings. The molecule has 4 nitrogen and oxygen atoms in total. The summed E-state index contributed by atoms with van der Waals surface area (Å²) in [5.74, 6) is 1.62. The second kappa shape index (κ2) is 6.71. The minimum Gasteiger partial charge on any atom is -0.497 e. The summed E-state index contributed by atoms with van der Waals surface area (Å²) in [5, 5.41) is 3.48. The van der Waals surface area contributed by atoms with Crippen molar-refractivity contribution in [3.63, 3.8) is 0 Å². The fourth-order valence-corrected chi connectivity index (χ4v) is 2.27. The first-order valence-corrected chi connectivity index (χ1v) is 6.58. The van der Waals surface area contributed by atoms with E-state index in [1.165, 1.54) is 0 Å². The smallest absolute Gasteiger partial charge is 0.122 e. The van der Waals surface area contributed by atoms with Gasteiger partial charge in [-0.2, -0.15) is 0 Å². The van der Waals surface area contributed by atoms with Crippen molar-refractivity contribution in [3.8, 4) is 5.75 Å². The van der Waals surface area contributed by atoms with Crippen molar-refractivity contribution in [2.75, 3.05) is 26.9 Å². The summed E-state index contributed by atoms with van der Waals surface area (Å²) < 4.78 is 10.6. The molecular weight excluding hydrogens is 228 g/mol. The molecular formula is C14H22N2O2. The molecule has 1 saturated heterocycles. The van der Waals surface area contributed by atoms with Crippen LogP contribution >= 0.6 is 0 Å². The molecule has 2 rings (SSSR count). The Bertz CT molecular complexity index is 376. The van der Waals surface area contributed by atoms with Gasteiger partial charge < -0.3 is 14.8 Å². The van der Waals surface area contributed by atoms with Gasteiger partial charge in [-0.05, 0) is 32.2 Å². The summed E-state index contributed by atoms with van der Waals surface area (Å²) >= 11 is 0. The molecule has 0 amide bonds. The third-order valence-corrected chi connectivity index (χ3v) is 3.30. The highest BCUT2D eigenvalue weighted by atomic mass is 16.5. The van der Waals surface area contributed by atoms with E-state index in [0.717, 1.165) is 62.2 Å². The number of ether oxygens (including phenoxy) is 2. The number of pyridine rings is 1. The van der Waals surface area contributed by atoms with Gasteiger partial charge in [-0.25, -0.2) is 0 Å². The third kappa shape index (κ3) is 3.96. The summed E-state index contributed by atoms with van der Waals surface area (Å²) in [6.07, 6.45) is 2.33. The first-order valence-electron chi connectivity index (χ1n) is 6.58. The number of aromatic nitrogens is 1. The quantitative estimate of drug-likeness (QED) is 0.867. The zero-order valence-corrected chi connectivity index (χ0v) is 11.2. The van der Waals surface area contributed by atoms with Crippen LogP contribution in [0.2, 0.25) is 0 Å². The normalized spacial score (nSPS) is 16.8. The Labute approximate surface area is 109 Å². The summed E-state index contributed by atoms with van der Waals surface area (Å²) in [6, 6.07) is 3.94. The van der Waals surface area contributed by atoms with Crippen molar-refractivity contribution in [3.05, 3.63) is 23.5 Å². The minimum atomic E-state index is 0.741. The van der Waals surface area contributed by atoms with Crippen LogP contribution in [0.4, 0.5) is 0 Å². The molecule has 4 heteroatoms. The lowest BCUT2D eigenvalue weighted by Crippen LogP contribution is -2.27. The van der Waals surface area contributed by atoms with Gasteiger partial charge in [-0.3, -0.25) is 4.98 Å². The Morgan fingerprint density at radius 3 is 2.89 bits per heavy atom. The molecule has 1 aliphatic rings. The molecule has 0 atom stereocenters. The second-order valence-corrected chi connectivity index (χ2v) is 4.83. The van der Waals surface area contributed by atoms with Crippen molar-refractivity contribution >= 4 is 0 Å². The summed E-state index contributed by atoms with van der Waals surface area (Å²) in [6.45, 7) is 5.65. The Morgan fingerprint density at radius 2 is 2.17 bits per heavy atom. The van der Waals surface area contributed by atoms with Crippen LogP contribution in [-0.2, 0) is 11.3 Å². The van der Waals surface area contributed by atoms with Gasteiger partial charge in [0.1, 0.15) is 5.75 Å². The number of rotatable bonds is 5. The maximum atomic E-state index is 5.35. The summed E-state index contributed by atoms with van der Waals surface area (Å²) in [5.41, 5.74) is 2.04. The molecule has 1 aliphatic heterocycles. The van der Waals surface area contributed by atoms with E-state index in [1.807, 2.05) is 19.1 Å². The molecule has 0 spiro atoms. The fourth-order valence-electron chi connectivity index (χ4n) is 2.27. The van der Waals surface area contributed by atoms with Crippen molar-refractivity contribution in [2.24, 2.45) is 5.92 Å². The lowest BCUT2D eigenvalue weighted by molar-refractivity contribution is 0.0662. The molecule has 1 aromatic heterocycles. The molecule has 0 aromatic carbocycles. The number of nitrogens with one attached hydrogen (secondary N) is 1. The molecule has 0 bridgehead atoms. The predicted molar refractivity (Wildman–Crippen MR) is 70.8 cm³/mol. The summed E-state index contributed by atoms with van der Waals surface area (Å²) in [4.78, 5) is 4.50. The monoisotopic (exact) mass is 250 g/mol. The van der Waals surface area contributed by atoms with Crippen molar-refractivity contribution in [2.45, 2.75) is 26.3 Å². The average Bonchev–Trinajstić information content (AvgIpc) is 2.39. The van der Waals surface area contributed by atoms with Gasteiger partial charge >= 0.3 is 0 Å². The minimum absolute atomic E-state index is 0.741. The van der Waals surface area contributed by atoms with Gasteiger partial charge in [0.2, 0.25) is 0 Å². The molecule has 1 N–H and O–H groups in total. The van der Waals surface area contributed by atoms with Crippen molar-refractivity contribution in [1.82, 2.24) is 10.3 Å². The highest BCUT2D eigenvalue weighted by molar-refractivity contribution is 5.26. The highest BCUT2D eigenvalue weighted by Gasteiger charge is 2.13. The molecule has 1 fully saturated rings. The molecule has 0 unspecified atom stereocenters. The van der Waals surface area contributed by atoms with Gasteiger partial charge in [0.05, 0.1) is 12.8 Å². The molecule has 0 radical (unpaired) electrons. The number of aryl methyl sites for hydroxylation is 1. The maximum absolute atomic E-state index is 5.35. The standard InChI is InChI=1S/C14H22N2O2/c1-11-7-14(17-2)8-13(16-11)10-15-9-12-3-5-18-6-4-12/h7-8,12,15H,3-6,9-10H2,1-2H3. The molecule has 100 valence electrons. The zero-order valence-electron chi connectivity index (χ0n) is 11.2. The van der Waals surface area contributed by atoms with Gasteiger partial charge in [-0.15, -0.1) is 0 Å². The van der Waals surface area contributed by atoms with Crippen LogP contribution in [0.25, 0.3) is 0 Å². The highest BCUT2D eigenvalue weighted by Crippen LogP contribution is 2.15. The Hall–Kier alpha value is -1.13. The topological polar surface area (TPSA) is 43.4 Å². The summed E-state index contributed by atoms with van der Waals surface area (Å²) in [7, 11) is 1.69. The van der Waals surface area contributed by atoms with E-state index in [0.29, 0.717) is 0 Å². The number of hydrogen-bond donors (Lipinski definition) is 1. The van der Waals surface area contributed by atoms with Crippen LogP contribution in [0, 0.1) is 12.8 Å². The number of nitrogens with zero attached hydrogens (tertiary/aromatic N) is 1. The van der Waals surface area contributed by atoms with Crippen LogP contribution < -0.4 is 10.1 Å². The van der Waals surface area contributed by atoms with Crippen molar-refractivity contribution in [1.29, 1.82) is 0 Å². The number of methoxy groups -OCH3 is 1. The van der Waals surface area contributed by atoms with Crippen molar-refractivity contribution < 1.29 is 9.47 Å². The Kier molecular flexibility index (Phi) is 4.96. The average molecular weight is 250 g/mol. The largest absolute Gasteiger partial charge is 0.497 e. The van der Waals surface area contributed by atoms with Gasteiger partial charge in [-0.1, -0.05) is 0 Å². The molecule has 0 saturated carbocycles. The molecule has 0 aliphatic carbocycles. The van der Waals surface area contributed by atoms with E-state index >= 15 is 0 Å². The van der Waals surface area contributed by atoms with Crippen LogP contribution in [-0.4, -0.2) is 31.9 Å². The SMILES string of the molecule is COc1cc(C)nc(CNCC2CCOCC2)c1. The van der Waals surface area contributed by atoms with Crippen LogP contribution in [0.5, 0.6) is 5.75 Å². The van der Waals surface area contributed by atoms with E-state index in [1.54, 1.807) is 7.11 Å². The van der Waals surface area contributed by atoms with Gasteiger partial charge in [0, 0.05) is 37.6 Å². The Morgan fingerprint density at radius 1 is 1.39 bits per heavy atom. The van der Waals surface area contributed by atoms with Crippen LogP contribution in [0.3, 0.4) is 0 Å². The van der Waals surface area contributed by atoms with E-state index < -0.39 is 0 Å². The molecule has 2 heterocycles. The first-order chi connectivity index (χ1) is 8.78. The van der Waals surface area contributed by atoms with E-state index in [9.17, 15) is 0 Å². The van der Waals surface area contributed by atoms with Crippen LogP contribution in [0.15, 0.2) is 12.1 Å². The predicted octanol–water partition coefficient (Wildman–Crippen LogP) is 1.91. The Balaban J connectivity index is 1.80. The van der Waals surface area contributed by atoms with E-state index in [-0.39, 0.29) is 0 Å². The first kappa shape index (κ1) is 13.3. The second-order valence-electron chi connectivity index (χ2n) is 4.83. The maximum Gasteiger partial charge on any atom is 0.122 e. The van der Waals surface area contributed by atoms with Crippen LogP contribution in [0.1, 0.15) is 24.2 Å². The lowest BCUT2D eigenvalue weighted by Gasteiger charge is -2.22. The fraction of sp³-hybridized carbons (Fsp3) is 0.643. The lowest BCUT2D eigenvalue weighted by atomic mass is 10.0. The van der Waals surface area contributed by atoms with E-state index in [2.05, 4.69) is 10.3 Å².